The lowest BCUT2D eigenvalue weighted by Gasteiger charge is -2.35. The highest BCUT2D eigenvalue weighted by Gasteiger charge is 2.28. The summed E-state index contributed by atoms with van der Waals surface area (Å²) in [5.41, 5.74) is 2.99. The van der Waals surface area contributed by atoms with Crippen LogP contribution >= 0.6 is 0 Å². The number of pyridine rings is 1. The molecule has 2 amide bonds. The fourth-order valence-electron chi connectivity index (χ4n) is 4.82. The maximum absolute atomic E-state index is 13.6. The lowest BCUT2D eigenvalue weighted by atomic mass is 10.0. The van der Waals surface area contributed by atoms with Gasteiger partial charge in [-0.3, -0.25) is 14.5 Å². The third-order valence-electron chi connectivity index (χ3n) is 6.64. The second-order valence-electron chi connectivity index (χ2n) is 8.99. The summed E-state index contributed by atoms with van der Waals surface area (Å²) in [6, 6.07) is 3.73. The summed E-state index contributed by atoms with van der Waals surface area (Å²) in [5, 5.41) is 4.69. The van der Waals surface area contributed by atoms with Gasteiger partial charge in [-0.1, -0.05) is 5.16 Å². The number of aromatic nitrogens is 2. The Bertz CT molecular complexity index is 1200. The van der Waals surface area contributed by atoms with Gasteiger partial charge < -0.3 is 18.7 Å². The van der Waals surface area contributed by atoms with Gasteiger partial charge in [0.15, 0.2) is 0 Å². The van der Waals surface area contributed by atoms with Crippen molar-refractivity contribution in [2.24, 2.45) is 0 Å². The van der Waals surface area contributed by atoms with Gasteiger partial charge in [0.25, 0.3) is 11.6 Å². The minimum atomic E-state index is -0.0710. The summed E-state index contributed by atoms with van der Waals surface area (Å²) >= 11 is 0. The molecule has 2 saturated heterocycles. The van der Waals surface area contributed by atoms with Crippen LogP contribution in [0.5, 0.6) is 0 Å². The van der Waals surface area contributed by atoms with Crippen molar-refractivity contribution in [2.45, 2.75) is 33.6 Å². The third kappa shape index (κ3) is 4.13. The number of amides is 2. The molecule has 9 nitrogen and oxygen atoms in total. The van der Waals surface area contributed by atoms with E-state index in [2.05, 4.69) is 15.0 Å². The van der Waals surface area contributed by atoms with Crippen molar-refractivity contribution in [1.29, 1.82) is 0 Å². The predicted molar refractivity (Wildman–Crippen MR) is 122 cm³/mol. The van der Waals surface area contributed by atoms with Crippen molar-refractivity contribution >= 4 is 22.9 Å². The van der Waals surface area contributed by atoms with Crippen molar-refractivity contribution in [3.05, 3.63) is 34.9 Å². The first-order chi connectivity index (χ1) is 15.9. The number of hydrogen-bond acceptors (Lipinski definition) is 7. The van der Waals surface area contributed by atoms with Crippen molar-refractivity contribution in [3.8, 4) is 11.3 Å². The molecule has 0 spiro atoms. The Morgan fingerprint density at radius 3 is 2.36 bits per heavy atom. The Morgan fingerprint density at radius 2 is 1.70 bits per heavy atom. The Hall–Kier alpha value is -3.20. The number of piperazine rings is 1. The van der Waals surface area contributed by atoms with E-state index in [9.17, 15) is 9.59 Å². The Morgan fingerprint density at radius 1 is 0.970 bits per heavy atom. The van der Waals surface area contributed by atoms with Crippen LogP contribution in [0.4, 0.5) is 0 Å². The standard InChI is InChI=1S/C24H29N5O4/c1-15-12-18(17(3)32-15)20-13-19(22-16(2)26-33-23(22)25-20)24(31)29-10-8-27(9-11-29)14-21(30)28-6-4-5-7-28/h12-13H,4-11,14H2,1-3H3. The van der Waals surface area contributed by atoms with Crippen molar-refractivity contribution in [3.63, 3.8) is 0 Å². The molecular weight excluding hydrogens is 422 g/mol. The molecule has 2 fully saturated rings. The largest absolute Gasteiger partial charge is 0.466 e. The quantitative estimate of drug-likeness (QED) is 0.602. The summed E-state index contributed by atoms with van der Waals surface area (Å²) in [7, 11) is 0. The van der Waals surface area contributed by atoms with Crippen LogP contribution < -0.4 is 0 Å². The maximum Gasteiger partial charge on any atom is 0.259 e. The lowest BCUT2D eigenvalue weighted by Crippen LogP contribution is -2.51. The zero-order valence-electron chi connectivity index (χ0n) is 19.4. The van der Waals surface area contributed by atoms with Gasteiger partial charge in [-0.15, -0.1) is 0 Å². The fraction of sp³-hybridized carbons (Fsp3) is 0.500. The van der Waals surface area contributed by atoms with Crippen LogP contribution in [0.1, 0.15) is 40.4 Å². The van der Waals surface area contributed by atoms with E-state index in [0.717, 1.165) is 43.0 Å². The van der Waals surface area contributed by atoms with Crippen LogP contribution in [0, 0.1) is 20.8 Å². The summed E-state index contributed by atoms with van der Waals surface area (Å²) in [4.78, 5) is 36.6. The Kier molecular flexibility index (Phi) is 5.65. The molecule has 174 valence electrons. The Balaban J connectivity index is 1.35. The van der Waals surface area contributed by atoms with Crippen LogP contribution in [0.2, 0.25) is 0 Å². The van der Waals surface area contributed by atoms with E-state index in [0.29, 0.717) is 60.8 Å². The van der Waals surface area contributed by atoms with Crippen LogP contribution in [0.15, 0.2) is 21.1 Å². The van der Waals surface area contributed by atoms with Gasteiger partial charge in [0.05, 0.1) is 28.9 Å². The van der Waals surface area contributed by atoms with Gasteiger partial charge in [0.2, 0.25) is 5.91 Å². The number of fused-ring (bicyclic) bond motifs is 1. The predicted octanol–water partition coefficient (Wildman–Crippen LogP) is 2.79. The molecule has 0 atom stereocenters. The molecule has 0 aromatic carbocycles. The average molecular weight is 452 g/mol. The highest BCUT2D eigenvalue weighted by molar-refractivity contribution is 6.07. The lowest BCUT2D eigenvalue weighted by molar-refractivity contribution is -0.131. The summed E-state index contributed by atoms with van der Waals surface area (Å²) in [6.45, 7) is 10.2. The number of carbonyl (C=O) groups is 2. The maximum atomic E-state index is 13.6. The van der Waals surface area contributed by atoms with E-state index in [1.165, 1.54) is 0 Å². The first-order valence-corrected chi connectivity index (χ1v) is 11.5. The normalized spacial score (nSPS) is 17.3. The van der Waals surface area contributed by atoms with Crippen LogP contribution in [-0.4, -0.2) is 82.5 Å². The number of rotatable bonds is 4. The third-order valence-corrected chi connectivity index (χ3v) is 6.64. The van der Waals surface area contributed by atoms with Crippen LogP contribution in [-0.2, 0) is 4.79 Å². The SMILES string of the molecule is Cc1cc(-c2cc(C(=O)N3CCN(CC(=O)N4CCCC4)CC3)c3c(C)noc3n2)c(C)o1. The molecule has 2 aliphatic heterocycles. The zero-order chi connectivity index (χ0) is 23.1. The number of nitrogens with zero attached hydrogens (tertiary/aromatic N) is 5. The van der Waals surface area contributed by atoms with Crippen LogP contribution in [0.25, 0.3) is 22.4 Å². The molecule has 3 aromatic heterocycles. The minimum Gasteiger partial charge on any atom is -0.466 e. The van der Waals surface area contributed by atoms with E-state index < -0.39 is 0 Å². The van der Waals surface area contributed by atoms with E-state index >= 15 is 0 Å². The van der Waals surface area contributed by atoms with Crippen LogP contribution in [0.3, 0.4) is 0 Å². The molecular formula is C24H29N5O4. The van der Waals surface area contributed by atoms with Gasteiger partial charge in [-0.25, -0.2) is 4.98 Å². The number of furan rings is 1. The highest BCUT2D eigenvalue weighted by Crippen LogP contribution is 2.31. The first-order valence-electron chi connectivity index (χ1n) is 11.5. The second-order valence-corrected chi connectivity index (χ2v) is 8.99. The number of hydrogen-bond donors (Lipinski definition) is 0. The number of aryl methyl sites for hydroxylation is 3. The molecule has 5 heterocycles. The summed E-state index contributed by atoms with van der Waals surface area (Å²) in [5.74, 6) is 1.65. The van der Waals surface area contributed by atoms with E-state index in [4.69, 9.17) is 8.94 Å². The second kappa shape index (κ2) is 8.62. The molecule has 0 aliphatic carbocycles. The molecule has 5 rings (SSSR count). The molecule has 2 aliphatic rings. The fourth-order valence-corrected chi connectivity index (χ4v) is 4.82. The molecule has 9 heteroatoms. The number of likely N-dealkylation sites (tertiary alicyclic amines) is 1. The van der Waals surface area contributed by atoms with E-state index in [1.807, 2.05) is 42.7 Å². The molecule has 0 unspecified atom stereocenters. The summed E-state index contributed by atoms with van der Waals surface area (Å²) < 4.78 is 11.1. The molecule has 0 N–H and O–H groups in total. The molecule has 0 radical (unpaired) electrons. The van der Waals surface area contributed by atoms with E-state index in [-0.39, 0.29) is 11.8 Å². The van der Waals surface area contributed by atoms with Gasteiger partial charge in [-0.05, 0) is 45.7 Å². The monoisotopic (exact) mass is 451 g/mol. The van der Waals surface area contributed by atoms with Gasteiger partial charge in [-0.2, -0.15) is 0 Å². The van der Waals surface area contributed by atoms with E-state index in [1.54, 1.807) is 0 Å². The zero-order valence-corrected chi connectivity index (χ0v) is 19.4. The molecule has 3 aromatic rings. The Labute approximate surface area is 192 Å². The molecule has 0 saturated carbocycles. The minimum absolute atomic E-state index is 0.0710. The topological polar surface area (TPSA) is 95.9 Å². The van der Waals surface area contributed by atoms with Crippen molar-refractivity contribution < 1.29 is 18.5 Å². The molecule has 33 heavy (non-hydrogen) atoms. The van der Waals surface area contributed by atoms with Gasteiger partial charge in [0.1, 0.15) is 11.5 Å². The van der Waals surface area contributed by atoms with Crippen molar-refractivity contribution in [1.82, 2.24) is 24.8 Å². The molecule has 0 bridgehead atoms. The first kappa shape index (κ1) is 21.6. The average Bonchev–Trinajstić information content (AvgIpc) is 3.54. The van der Waals surface area contributed by atoms with Crippen molar-refractivity contribution in [2.75, 3.05) is 45.8 Å². The van der Waals surface area contributed by atoms with Gasteiger partial charge >= 0.3 is 0 Å². The number of carbonyl (C=O) groups excluding carboxylic acids is 2. The van der Waals surface area contributed by atoms with Gasteiger partial charge in [0, 0.05) is 44.8 Å². The summed E-state index contributed by atoms with van der Waals surface area (Å²) in [6.07, 6.45) is 2.19. The highest BCUT2D eigenvalue weighted by atomic mass is 16.5. The smallest absolute Gasteiger partial charge is 0.259 e.